The summed E-state index contributed by atoms with van der Waals surface area (Å²) < 4.78 is 19.3. The third-order valence-corrected chi connectivity index (χ3v) is 5.27. The van der Waals surface area contributed by atoms with Crippen LogP contribution in [-0.2, 0) is 4.74 Å². The van der Waals surface area contributed by atoms with Crippen LogP contribution in [0, 0.1) is 17.1 Å². The lowest BCUT2D eigenvalue weighted by molar-refractivity contribution is 0.0916. The standard InChI is InChI=1S/C23H21FN4O3/c24-20-8-14(1-3-16(20)10-25)21(12-29)28-23(30)15-2-4-17-11-26-22(9-18(17)7-15)27-19-5-6-31-13-19/h1-4,7-9,11,19,21,29H,5-6,12-13H2,(H,26,27)(H,28,30)/t19?,21-/m1/s1. The van der Waals surface area contributed by atoms with E-state index in [0.29, 0.717) is 23.6 Å². The number of hydrogen-bond donors (Lipinski definition) is 3. The van der Waals surface area contributed by atoms with Gasteiger partial charge in [0.25, 0.3) is 5.91 Å². The summed E-state index contributed by atoms with van der Waals surface area (Å²) in [5.74, 6) is -0.387. The van der Waals surface area contributed by atoms with E-state index in [9.17, 15) is 14.3 Å². The minimum absolute atomic E-state index is 0.0940. The topological polar surface area (TPSA) is 107 Å². The molecule has 3 N–H and O–H groups in total. The molecule has 0 spiro atoms. The molecule has 1 unspecified atom stereocenters. The van der Waals surface area contributed by atoms with E-state index in [1.54, 1.807) is 30.5 Å². The molecule has 4 rings (SSSR count). The molecule has 0 radical (unpaired) electrons. The fraction of sp³-hybridized carbons (Fsp3) is 0.261. The zero-order chi connectivity index (χ0) is 21.8. The Morgan fingerprint density at radius 1 is 1.29 bits per heavy atom. The number of pyridine rings is 1. The Kier molecular flexibility index (Phi) is 6.07. The van der Waals surface area contributed by atoms with Crippen molar-refractivity contribution in [1.82, 2.24) is 10.3 Å². The van der Waals surface area contributed by atoms with Crippen LogP contribution in [-0.4, -0.2) is 41.9 Å². The largest absolute Gasteiger partial charge is 0.394 e. The van der Waals surface area contributed by atoms with Crippen LogP contribution < -0.4 is 10.6 Å². The molecular weight excluding hydrogens is 399 g/mol. The average Bonchev–Trinajstić information content (AvgIpc) is 3.29. The lowest BCUT2D eigenvalue weighted by Crippen LogP contribution is -2.30. The predicted molar refractivity (Wildman–Crippen MR) is 113 cm³/mol. The molecule has 1 saturated heterocycles. The van der Waals surface area contributed by atoms with E-state index in [1.807, 2.05) is 6.07 Å². The molecule has 7 nitrogen and oxygen atoms in total. The predicted octanol–water partition coefficient (Wildman–Crippen LogP) is 2.91. The SMILES string of the molecule is N#Cc1ccc([C@@H](CO)NC(=O)c2ccc3cnc(NC4CCOC4)cc3c2)cc1F. The zero-order valence-electron chi connectivity index (χ0n) is 16.6. The summed E-state index contributed by atoms with van der Waals surface area (Å²) in [5.41, 5.74) is 0.688. The number of benzene rings is 2. The van der Waals surface area contributed by atoms with Gasteiger partial charge in [-0.2, -0.15) is 5.26 Å². The highest BCUT2D eigenvalue weighted by Crippen LogP contribution is 2.22. The quantitative estimate of drug-likeness (QED) is 0.566. The van der Waals surface area contributed by atoms with Crippen LogP contribution in [0.1, 0.15) is 33.9 Å². The second-order valence-electron chi connectivity index (χ2n) is 7.40. The van der Waals surface area contributed by atoms with Crippen LogP contribution in [0.3, 0.4) is 0 Å². The summed E-state index contributed by atoms with van der Waals surface area (Å²) >= 11 is 0. The van der Waals surface area contributed by atoms with E-state index >= 15 is 0 Å². The number of aliphatic hydroxyl groups is 1. The van der Waals surface area contributed by atoms with Crippen molar-refractivity contribution in [1.29, 1.82) is 5.26 Å². The zero-order valence-corrected chi connectivity index (χ0v) is 16.6. The van der Waals surface area contributed by atoms with Crippen molar-refractivity contribution >= 4 is 22.5 Å². The van der Waals surface area contributed by atoms with Crippen LogP contribution in [0.5, 0.6) is 0 Å². The van der Waals surface area contributed by atoms with Crippen LogP contribution in [0.25, 0.3) is 10.8 Å². The first kappa shape index (κ1) is 20.7. The lowest BCUT2D eigenvalue weighted by Gasteiger charge is -2.17. The van der Waals surface area contributed by atoms with Gasteiger partial charge in [-0.1, -0.05) is 12.1 Å². The van der Waals surface area contributed by atoms with Gasteiger partial charge in [-0.15, -0.1) is 0 Å². The van der Waals surface area contributed by atoms with E-state index in [1.165, 1.54) is 12.1 Å². The van der Waals surface area contributed by atoms with E-state index in [0.717, 1.165) is 29.9 Å². The highest BCUT2D eigenvalue weighted by Gasteiger charge is 2.18. The third kappa shape index (κ3) is 4.63. The van der Waals surface area contributed by atoms with Crippen molar-refractivity contribution in [3.63, 3.8) is 0 Å². The Labute approximate surface area is 178 Å². The van der Waals surface area contributed by atoms with E-state index in [4.69, 9.17) is 10.00 Å². The number of carbonyl (C=O) groups excluding carboxylic acids is 1. The van der Waals surface area contributed by atoms with Gasteiger partial charge in [0.05, 0.1) is 30.9 Å². The minimum Gasteiger partial charge on any atom is -0.394 e. The molecule has 31 heavy (non-hydrogen) atoms. The minimum atomic E-state index is -0.803. The number of nitriles is 1. The molecule has 0 aliphatic carbocycles. The van der Waals surface area contributed by atoms with Gasteiger partial charge < -0.3 is 20.5 Å². The number of halogens is 1. The molecular formula is C23H21FN4O3. The molecule has 2 aromatic carbocycles. The molecule has 0 bridgehead atoms. The maximum atomic E-state index is 13.9. The smallest absolute Gasteiger partial charge is 0.251 e. The Morgan fingerprint density at radius 3 is 2.87 bits per heavy atom. The number of ether oxygens (including phenoxy) is 1. The van der Waals surface area contributed by atoms with Gasteiger partial charge >= 0.3 is 0 Å². The summed E-state index contributed by atoms with van der Waals surface area (Å²) in [5, 5.41) is 26.3. The second kappa shape index (κ2) is 9.08. The fourth-order valence-corrected chi connectivity index (χ4v) is 3.53. The number of aromatic nitrogens is 1. The number of aliphatic hydroxyl groups excluding tert-OH is 1. The summed E-state index contributed by atoms with van der Waals surface area (Å²) in [4.78, 5) is 17.2. The number of anilines is 1. The number of nitrogens with zero attached hydrogens (tertiary/aromatic N) is 2. The molecule has 158 valence electrons. The first-order valence-electron chi connectivity index (χ1n) is 9.92. The Balaban J connectivity index is 1.53. The first-order valence-corrected chi connectivity index (χ1v) is 9.92. The van der Waals surface area contributed by atoms with Crippen molar-refractivity contribution in [3.05, 3.63) is 71.2 Å². The summed E-state index contributed by atoms with van der Waals surface area (Å²) in [6, 6.07) is 12.2. The molecule has 0 saturated carbocycles. The Hall–Kier alpha value is -3.54. The third-order valence-electron chi connectivity index (χ3n) is 5.27. The van der Waals surface area contributed by atoms with Gasteiger partial charge in [0.1, 0.15) is 17.7 Å². The molecule has 8 heteroatoms. The van der Waals surface area contributed by atoms with E-state index < -0.39 is 24.4 Å². The van der Waals surface area contributed by atoms with Crippen molar-refractivity contribution < 1.29 is 19.0 Å². The van der Waals surface area contributed by atoms with Gasteiger partial charge in [0.2, 0.25) is 0 Å². The summed E-state index contributed by atoms with van der Waals surface area (Å²) in [7, 11) is 0. The fourth-order valence-electron chi connectivity index (χ4n) is 3.53. The van der Waals surface area contributed by atoms with Crippen LogP contribution in [0.4, 0.5) is 10.2 Å². The second-order valence-corrected chi connectivity index (χ2v) is 7.40. The maximum absolute atomic E-state index is 13.9. The van der Waals surface area contributed by atoms with Crippen LogP contribution in [0.15, 0.2) is 48.7 Å². The molecule has 2 heterocycles. The number of hydrogen-bond acceptors (Lipinski definition) is 6. The Bertz CT molecular complexity index is 1160. The number of rotatable bonds is 6. The van der Waals surface area contributed by atoms with Crippen LogP contribution in [0.2, 0.25) is 0 Å². The number of carbonyl (C=O) groups is 1. The molecule has 3 aromatic rings. The lowest BCUT2D eigenvalue weighted by atomic mass is 10.0. The normalized spacial score (nSPS) is 16.6. The molecule has 1 amide bonds. The molecule has 1 aliphatic heterocycles. The van der Waals surface area contributed by atoms with Gasteiger partial charge in [-0.05, 0) is 47.7 Å². The van der Waals surface area contributed by atoms with Gasteiger partial charge in [0.15, 0.2) is 0 Å². The van der Waals surface area contributed by atoms with Crippen LogP contribution >= 0.6 is 0 Å². The van der Waals surface area contributed by atoms with E-state index in [-0.39, 0.29) is 11.6 Å². The van der Waals surface area contributed by atoms with E-state index in [2.05, 4.69) is 15.6 Å². The van der Waals surface area contributed by atoms with Crippen molar-refractivity contribution in [2.24, 2.45) is 0 Å². The van der Waals surface area contributed by atoms with Crippen molar-refractivity contribution in [3.8, 4) is 6.07 Å². The van der Waals surface area contributed by atoms with Crippen molar-refractivity contribution in [2.45, 2.75) is 18.5 Å². The molecule has 1 aromatic heterocycles. The number of amides is 1. The highest BCUT2D eigenvalue weighted by molar-refractivity contribution is 5.99. The first-order chi connectivity index (χ1) is 15.1. The van der Waals surface area contributed by atoms with Gasteiger partial charge in [-0.25, -0.2) is 9.37 Å². The summed E-state index contributed by atoms with van der Waals surface area (Å²) in [6.07, 6.45) is 2.66. The summed E-state index contributed by atoms with van der Waals surface area (Å²) in [6.45, 7) is 0.956. The van der Waals surface area contributed by atoms with Gasteiger partial charge in [-0.3, -0.25) is 4.79 Å². The molecule has 1 aliphatic rings. The van der Waals surface area contributed by atoms with Crippen molar-refractivity contribution in [2.75, 3.05) is 25.1 Å². The number of fused-ring (bicyclic) bond motifs is 1. The van der Waals surface area contributed by atoms with Gasteiger partial charge in [0, 0.05) is 23.8 Å². The number of nitrogens with one attached hydrogen (secondary N) is 2. The highest BCUT2D eigenvalue weighted by atomic mass is 19.1. The average molecular weight is 420 g/mol. The molecule has 2 atom stereocenters. The maximum Gasteiger partial charge on any atom is 0.251 e. The Morgan fingerprint density at radius 2 is 2.16 bits per heavy atom. The monoisotopic (exact) mass is 420 g/mol. The molecule has 1 fully saturated rings.